The second kappa shape index (κ2) is 8.86. The number of alkyl halides is 3. The van der Waals surface area contributed by atoms with Gasteiger partial charge in [-0.15, -0.1) is 0 Å². The van der Waals surface area contributed by atoms with Crippen molar-refractivity contribution in [2.45, 2.75) is 25.6 Å². The minimum absolute atomic E-state index is 0.131. The molecule has 0 radical (unpaired) electrons. The third-order valence-corrected chi connectivity index (χ3v) is 2.94. The van der Waals surface area contributed by atoms with E-state index in [9.17, 15) is 27.6 Å². The lowest BCUT2D eigenvalue weighted by Crippen LogP contribution is -2.41. The molecule has 0 saturated heterocycles. The molecular weight excluding hydrogens is 343 g/mol. The second-order valence-electron chi connectivity index (χ2n) is 4.87. The number of carbonyl (C=O) groups excluding carboxylic acids is 2. The number of esters is 1. The number of rotatable bonds is 7. The number of allylic oxidation sites excluding steroid dienone is 1. The zero-order valence-corrected chi connectivity index (χ0v) is 13.2. The molecule has 0 unspecified atom stereocenters. The molecule has 0 spiro atoms. The van der Waals surface area contributed by atoms with Crippen LogP contribution in [0.3, 0.4) is 0 Å². The van der Waals surface area contributed by atoms with Gasteiger partial charge in [-0.05, 0) is 19.1 Å². The van der Waals surface area contributed by atoms with Gasteiger partial charge < -0.3 is 15.2 Å². The predicted molar refractivity (Wildman–Crippen MR) is 80.7 cm³/mol. The molecule has 9 heteroatoms. The van der Waals surface area contributed by atoms with Crippen molar-refractivity contribution >= 4 is 17.8 Å². The zero-order valence-electron chi connectivity index (χ0n) is 13.2. The smallest absolute Gasteiger partial charge is 0.410 e. The molecule has 136 valence electrons. The van der Waals surface area contributed by atoms with Crippen molar-refractivity contribution in [3.05, 3.63) is 47.5 Å². The summed E-state index contributed by atoms with van der Waals surface area (Å²) in [6.45, 7) is 1.22. The molecule has 25 heavy (non-hydrogen) atoms. The van der Waals surface area contributed by atoms with Crippen LogP contribution in [0.1, 0.15) is 23.7 Å². The first-order valence-corrected chi connectivity index (χ1v) is 7.18. The normalized spacial score (nSPS) is 13.0. The monoisotopic (exact) mass is 359 g/mol. The fourth-order valence-electron chi connectivity index (χ4n) is 1.87. The van der Waals surface area contributed by atoms with E-state index in [1.165, 1.54) is 31.2 Å². The molecule has 1 aromatic rings. The average molecular weight is 359 g/mol. The molecule has 0 aliphatic rings. The maximum absolute atomic E-state index is 12.6. The largest absolute Gasteiger partial charge is 0.480 e. The molecule has 0 bridgehead atoms. The minimum Gasteiger partial charge on any atom is -0.480 e. The van der Waals surface area contributed by atoms with E-state index in [0.717, 1.165) is 0 Å². The first-order chi connectivity index (χ1) is 11.6. The Kier molecular flexibility index (Phi) is 7.16. The Morgan fingerprint density at radius 1 is 1.24 bits per heavy atom. The number of halogens is 3. The fraction of sp³-hybridized carbons (Fsp3) is 0.312. The molecule has 1 aromatic carbocycles. The average Bonchev–Trinajstić information content (AvgIpc) is 2.53. The van der Waals surface area contributed by atoms with Gasteiger partial charge in [0.2, 0.25) is 0 Å². The van der Waals surface area contributed by atoms with E-state index in [1.54, 1.807) is 6.07 Å². The summed E-state index contributed by atoms with van der Waals surface area (Å²) < 4.78 is 42.2. The number of carboxylic acid groups (broad SMARTS) is 1. The molecule has 1 amide bonds. The molecular formula is C16H16F3NO5. The van der Waals surface area contributed by atoms with Crippen molar-refractivity contribution in [3.63, 3.8) is 0 Å². The van der Waals surface area contributed by atoms with Crippen LogP contribution in [0.5, 0.6) is 0 Å². The quantitative estimate of drug-likeness (QED) is 0.576. The van der Waals surface area contributed by atoms with Crippen molar-refractivity contribution in [2.75, 3.05) is 6.61 Å². The van der Waals surface area contributed by atoms with Gasteiger partial charge in [0.15, 0.2) is 0 Å². The summed E-state index contributed by atoms with van der Waals surface area (Å²) in [6, 6.07) is 5.80. The van der Waals surface area contributed by atoms with Gasteiger partial charge in [0.1, 0.15) is 6.04 Å². The van der Waals surface area contributed by atoms with Crippen LogP contribution in [-0.2, 0) is 14.3 Å². The Morgan fingerprint density at radius 2 is 1.84 bits per heavy atom. The summed E-state index contributed by atoms with van der Waals surface area (Å²) in [5.74, 6) is -3.66. The van der Waals surface area contributed by atoms with Crippen molar-refractivity contribution in [3.8, 4) is 0 Å². The number of benzene rings is 1. The molecule has 0 aliphatic carbocycles. The SMILES string of the molecule is CCOC(=O)/C(=C\C(F)(F)F)C[C@H](NC(=O)c1ccccc1)C(=O)O. The number of hydrogen-bond donors (Lipinski definition) is 2. The van der Waals surface area contributed by atoms with Gasteiger partial charge in [0.25, 0.3) is 5.91 Å². The summed E-state index contributed by atoms with van der Waals surface area (Å²) in [5, 5.41) is 11.2. The van der Waals surface area contributed by atoms with Crippen molar-refractivity contribution < 1.29 is 37.4 Å². The molecule has 0 aliphatic heterocycles. The van der Waals surface area contributed by atoms with Crippen LogP contribution in [0.15, 0.2) is 42.0 Å². The maximum Gasteiger partial charge on any atom is 0.410 e. The summed E-state index contributed by atoms with van der Waals surface area (Å²) in [7, 11) is 0. The fourth-order valence-corrected chi connectivity index (χ4v) is 1.87. The molecule has 0 heterocycles. The van der Waals surface area contributed by atoms with Crippen LogP contribution in [-0.4, -0.2) is 41.8 Å². The van der Waals surface area contributed by atoms with Crippen LogP contribution in [0.4, 0.5) is 13.2 Å². The van der Waals surface area contributed by atoms with Gasteiger partial charge in [-0.2, -0.15) is 13.2 Å². The predicted octanol–water partition coefficient (Wildman–Crippen LogP) is 2.31. The Morgan fingerprint density at radius 3 is 2.32 bits per heavy atom. The van der Waals surface area contributed by atoms with Gasteiger partial charge in [-0.25, -0.2) is 9.59 Å². The highest BCUT2D eigenvalue weighted by molar-refractivity contribution is 5.97. The van der Waals surface area contributed by atoms with Crippen LogP contribution >= 0.6 is 0 Å². The number of ether oxygens (including phenoxy) is 1. The Labute approximate surface area is 141 Å². The zero-order chi connectivity index (χ0) is 19.0. The summed E-state index contributed by atoms with van der Waals surface area (Å²) >= 11 is 0. The molecule has 1 atom stereocenters. The van der Waals surface area contributed by atoms with E-state index in [4.69, 9.17) is 5.11 Å². The first kappa shape index (κ1) is 20.2. The van der Waals surface area contributed by atoms with Gasteiger partial charge in [-0.3, -0.25) is 4.79 Å². The van der Waals surface area contributed by atoms with Crippen LogP contribution in [0, 0.1) is 0 Å². The summed E-state index contributed by atoms with van der Waals surface area (Å²) in [6.07, 6.45) is -6.03. The number of aliphatic carboxylic acids is 1. The standard InChI is InChI=1S/C16H16F3NO5/c1-2-25-15(24)11(9-16(17,18)19)8-12(14(22)23)20-13(21)10-6-4-3-5-7-10/h3-7,9,12H,2,8H2,1H3,(H,20,21)(H,22,23)/b11-9-/t12-/m0/s1. The number of carboxylic acids is 1. The molecule has 0 saturated carbocycles. The van der Waals surface area contributed by atoms with E-state index >= 15 is 0 Å². The van der Waals surface area contributed by atoms with Crippen LogP contribution < -0.4 is 5.32 Å². The lowest BCUT2D eigenvalue weighted by molar-refractivity contribution is -0.140. The molecule has 1 rings (SSSR count). The number of amides is 1. The van der Waals surface area contributed by atoms with Gasteiger partial charge in [0.05, 0.1) is 6.61 Å². The summed E-state index contributed by atoms with van der Waals surface area (Å²) in [4.78, 5) is 34.9. The lowest BCUT2D eigenvalue weighted by atomic mass is 10.0. The molecule has 0 fully saturated rings. The topological polar surface area (TPSA) is 92.7 Å². The third kappa shape index (κ3) is 7.06. The number of hydrogen-bond acceptors (Lipinski definition) is 4. The Bertz CT molecular complexity index is 655. The van der Waals surface area contributed by atoms with Crippen molar-refractivity contribution in [1.29, 1.82) is 0 Å². The molecule has 0 aromatic heterocycles. The van der Waals surface area contributed by atoms with Gasteiger partial charge in [-0.1, -0.05) is 18.2 Å². The maximum atomic E-state index is 12.6. The van der Waals surface area contributed by atoms with Gasteiger partial charge in [0, 0.05) is 23.6 Å². The Hall–Kier alpha value is -2.84. The van der Waals surface area contributed by atoms with Gasteiger partial charge >= 0.3 is 18.1 Å². The van der Waals surface area contributed by atoms with Crippen LogP contribution in [0.25, 0.3) is 0 Å². The Balaban J connectivity index is 3.00. The number of carbonyl (C=O) groups is 3. The highest BCUT2D eigenvalue weighted by Crippen LogP contribution is 2.22. The summed E-state index contributed by atoms with van der Waals surface area (Å²) in [5.41, 5.74) is -0.763. The first-order valence-electron chi connectivity index (χ1n) is 7.18. The molecule has 6 nitrogen and oxygen atoms in total. The van der Waals surface area contributed by atoms with E-state index in [-0.39, 0.29) is 18.2 Å². The van der Waals surface area contributed by atoms with E-state index < -0.39 is 42.1 Å². The van der Waals surface area contributed by atoms with Crippen molar-refractivity contribution in [1.82, 2.24) is 5.32 Å². The van der Waals surface area contributed by atoms with E-state index in [0.29, 0.717) is 0 Å². The van der Waals surface area contributed by atoms with E-state index in [1.807, 2.05) is 0 Å². The lowest BCUT2D eigenvalue weighted by Gasteiger charge is -2.16. The van der Waals surface area contributed by atoms with Crippen molar-refractivity contribution in [2.24, 2.45) is 0 Å². The highest BCUT2D eigenvalue weighted by Gasteiger charge is 2.31. The number of nitrogens with one attached hydrogen (secondary N) is 1. The molecule has 2 N–H and O–H groups in total. The van der Waals surface area contributed by atoms with Crippen LogP contribution in [0.2, 0.25) is 0 Å². The minimum atomic E-state index is -4.84. The third-order valence-electron chi connectivity index (χ3n) is 2.94. The van der Waals surface area contributed by atoms with E-state index in [2.05, 4.69) is 10.1 Å². The second-order valence-corrected chi connectivity index (χ2v) is 4.87. The highest BCUT2D eigenvalue weighted by atomic mass is 19.4.